The lowest BCUT2D eigenvalue weighted by Gasteiger charge is -2.30. The number of fused-ring (bicyclic) bond motifs is 1. The first kappa shape index (κ1) is 29.5. The lowest BCUT2D eigenvalue weighted by Crippen LogP contribution is -2.43. The smallest absolute Gasteiger partial charge is 0.252 e. The topological polar surface area (TPSA) is 142 Å². The van der Waals surface area contributed by atoms with Gasteiger partial charge in [-0.2, -0.15) is 5.10 Å². The number of hydrogen-bond acceptors (Lipinski definition) is 7. The molecule has 2 saturated carbocycles. The van der Waals surface area contributed by atoms with Crippen molar-refractivity contribution in [2.75, 3.05) is 20.3 Å². The molecule has 2 aromatic carbocycles. The summed E-state index contributed by atoms with van der Waals surface area (Å²) in [7, 11) is 1.51. The van der Waals surface area contributed by atoms with Gasteiger partial charge >= 0.3 is 0 Å². The van der Waals surface area contributed by atoms with E-state index in [1.54, 1.807) is 26.0 Å². The predicted molar refractivity (Wildman–Crippen MR) is 158 cm³/mol. The monoisotopic (exact) mass is 605 g/mol. The first-order valence-corrected chi connectivity index (χ1v) is 14.6. The predicted octanol–water partition coefficient (Wildman–Crippen LogP) is 4.55. The number of ether oxygens (including phenoxy) is 2. The van der Waals surface area contributed by atoms with Crippen LogP contribution in [-0.4, -0.2) is 51.9 Å². The van der Waals surface area contributed by atoms with Gasteiger partial charge in [0.05, 0.1) is 37.6 Å². The van der Waals surface area contributed by atoms with Gasteiger partial charge in [0.25, 0.3) is 11.8 Å². The van der Waals surface area contributed by atoms with E-state index >= 15 is 0 Å². The van der Waals surface area contributed by atoms with Crippen LogP contribution in [0.15, 0.2) is 36.5 Å². The Morgan fingerprint density at radius 3 is 2.50 bits per heavy atom. The van der Waals surface area contributed by atoms with Gasteiger partial charge in [-0.25, -0.2) is 13.8 Å². The maximum absolute atomic E-state index is 14.4. The van der Waals surface area contributed by atoms with Crippen LogP contribution in [0, 0.1) is 24.5 Å². The molecule has 0 aliphatic heterocycles. The molecule has 6 rings (SSSR count). The van der Waals surface area contributed by atoms with E-state index in [0.29, 0.717) is 41.3 Å². The molecule has 44 heavy (non-hydrogen) atoms. The second-order valence-corrected chi connectivity index (χ2v) is 11.4. The number of halogens is 2. The molecule has 1 atom stereocenters. The second kappa shape index (κ2) is 11.2. The van der Waals surface area contributed by atoms with Crippen molar-refractivity contribution < 1.29 is 33.0 Å². The molecule has 2 aromatic heterocycles. The number of nitrogens with one attached hydrogen (secondary N) is 1. The summed E-state index contributed by atoms with van der Waals surface area (Å²) in [6.07, 6.45) is 5.29. The van der Waals surface area contributed by atoms with Gasteiger partial charge in [-0.3, -0.25) is 14.3 Å². The van der Waals surface area contributed by atoms with E-state index < -0.39 is 29.0 Å². The third-order valence-electron chi connectivity index (χ3n) is 8.26. The van der Waals surface area contributed by atoms with Crippen LogP contribution < -0.4 is 20.5 Å². The number of nitrogens with two attached hydrogens (primary N) is 1. The van der Waals surface area contributed by atoms with E-state index in [1.807, 2.05) is 10.9 Å². The van der Waals surface area contributed by atoms with Gasteiger partial charge in [-0.05, 0) is 81.3 Å². The first-order chi connectivity index (χ1) is 21.0. The number of rotatable bonds is 11. The van der Waals surface area contributed by atoms with Crippen molar-refractivity contribution in [1.29, 1.82) is 0 Å². The van der Waals surface area contributed by atoms with Gasteiger partial charge in [0.1, 0.15) is 22.6 Å². The molecule has 0 radical (unpaired) electrons. The largest absolute Gasteiger partial charge is 0.494 e. The lowest BCUT2D eigenvalue weighted by atomic mass is 9.90. The van der Waals surface area contributed by atoms with Crippen LogP contribution in [0.4, 0.5) is 8.78 Å². The zero-order valence-corrected chi connectivity index (χ0v) is 24.6. The van der Waals surface area contributed by atoms with Gasteiger partial charge in [-0.15, -0.1) is 0 Å². The molecule has 2 heterocycles. The average molecular weight is 606 g/mol. The second-order valence-electron chi connectivity index (χ2n) is 11.4. The fraction of sp³-hybridized carbons (Fsp3) is 0.375. The van der Waals surface area contributed by atoms with Crippen LogP contribution in [0.2, 0.25) is 0 Å². The highest BCUT2D eigenvalue weighted by molar-refractivity contribution is 6.00. The third-order valence-corrected chi connectivity index (χ3v) is 8.26. The maximum Gasteiger partial charge on any atom is 0.252 e. The minimum Gasteiger partial charge on any atom is -0.494 e. The first-order valence-electron chi connectivity index (χ1n) is 14.6. The van der Waals surface area contributed by atoms with Crippen molar-refractivity contribution >= 4 is 22.7 Å². The number of methoxy groups -OCH3 is 1. The number of amides is 2. The van der Waals surface area contributed by atoms with E-state index in [4.69, 9.17) is 15.2 Å². The van der Waals surface area contributed by atoms with Gasteiger partial charge in [0.15, 0.2) is 17.4 Å². The number of carbonyl (C=O) groups excluding carboxylic acids is 2. The van der Waals surface area contributed by atoms with E-state index in [0.717, 1.165) is 30.4 Å². The summed E-state index contributed by atoms with van der Waals surface area (Å²) in [5, 5.41) is 20.3. The normalized spacial score (nSPS) is 16.0. The third kappa shape index (κ3) is 5.34. The standard InChI is InChI=1S/C32H33F2N5O5/c1-4-44-29-22(30(35)40)13-26(37-28(29)21-12-24(34)23(33)9-16(21)2)32(42,19-5-6-19)15-36-31(41)17-10-18-14-39(20-7-8-20)38-27(18)25(11-17)43-3/h9-14,19-20,42H,4-8,15H2,1-3H3,(H2,35,40)(H,36,41)/t32-/m1/s1. The number of benzene rings is 2. The van der Waals surface area contributed by atoms with Crippen molar-refractivity contribution in [2.24, 2.45) is 11.7 Å². The molecule has 0 unspecified atom stereocenters. The van der Waals surface area contributed by atoms with Crippen LogP contribution >= 0.6 is 0 Å². The van der Waals surface area contributed by atoms with Crippen molar-refractivity contribution in [3.63, 3.8) is 0 Å². The Bertz CT molecular complexity index is 1800. The number of aliphatic hydroxyl groups is 1. The fourth-order valence-electron chi connectivity index (χ4n) is 5.57. The molecule has 4 aromatic rings. The molecule has 0 saturated heterocycles. The Labute approximate surface area is 252 Å². The Morgan fingerprint density at radius 1 is 1.14 bits per heavy atom. The molecule has 4 N–H and O–H groups in total. The summed E-state index contributed by atoms with van der Waals surface area (Å²) in [6.45, 7) is 3.15. The summed E-state index contributed by atoms with van der Waals surface area (Å²) >= 11 is 0. The summed E-state index contributed by atoms with van der Waals surface area (Å²) in [4.78, 5) is 30.7. The van der Waals surface area contributed by atoms with Crippen LogP contribution in [-0.2, 0) is 5.60 Å². The molecule has 12 heteroatoms. The Morgan fingerprint density at radius 2 is 1.86 bits per heavy atom. The van der Waals surface area contributed by atoms with E-state index in [2.05, 4.69) is 15.4 Å². The minimum atomic E-state index is -1.71. The molecule has 0 spiro atoms. The number of aryl methyl sites for hydroxylation is 1. The molecule has 2 aliphatic carbocycles. The van der Waals surface area contributed by atoms with Crippen molar-refractivity contribution in [3.8, 4) is 22.8 Å². The number of primary amides is 1. The molecule has 10 nitrogen and oxygen atoms in total. The summed E-state index contributed by atoms with van der Waals surface area (Å²) < 4.78 is 41.6. The van der Waals surface area contributed by atoms with Gasteiger partial charge in [0, 0.05) is 22.7 Å². The Hall–Kier alpha value is -4.58. The Balaban J connectivity index is 1.38. The summed E-state index contributed by atoms with van der Waals surface area (Å²) in [5.41, 5.74) is 5.50. The highest BCUT2D eigenvalue weighted by atomic mass is 19.2. The highest BCUT2D eigenvalue weighted by Gasteiger charge is 2.47. The molecule has 2 aliphatic rings. The Kier molecular flexibility index (Phi) is 7.48. The van der Waals surface area contributed by atoms with Gasteiger partial charge in [-0.1, -0.05) is 0 Å². The zero-order valence-electron chi connectivity index (χ0n) is 24.6. The molecular weight excluding hydrogens is 572 g/mol. The molecular formula is C32H33F2N5O5. The number of pyridine rings is 1. The number of hydrogen-bond donors (Lipinski definition) is 3. The van der Waals surface area contributed by atoms with E-state index in [9.17, 15) is 23.5 Å². The lowest BCUT2D eigenvalue weighted by molar-refractivity contribution is 0.00946. The number of carbonyl (C=O) groups is 2. The SMILES string of the molecule is CCOc1c(C(N)=O)cc([C@@](O)(CNC(=O)c2cc(OC)c3nn(C4CC4)cc3c2)C2CC2)nc1-c1cc(F)c(F)cc1C. The van der Waals surface area contributed by atoms with Crippen molar-refractivity contribution in [1.82, 2.24) is 20.1 Å². The molecule has 0 bridgehead atoms. The van der Waals surface area contributed by atoms with Crippen LogP contribution in [0.25, 0.3) is 22.2 Å². The fourth-order valence-corrected chi connectivity index (χ4v) is 5.57. The van der Waals surface area contributed by atoms with E-state index in [-0.39, 0.29) is 47.3 Å². The van der Waals surface area contributed by atoms with Gasteiger partial charge < -0.3 is 25.6 Å². The molecule has 230 valence electrons. The summed E-state index contributed by atoms with van der Waals surface area (Å²) in [6, 6.07) is 7.01. The maximum atomic E-state index is 14.4. The van der Waals surface area contributed by atoms with Crippen molar-refractivity contribution in [2.45, 2.75) is 51.2 Å². The molecule has 2 amide bonds. The average Bonchev–Trinajstić information content (AvgIpc) is 3.94. The highest BCUT2D eigenvalue weighted by Crippen LogP contribution is 2.47. The van der Waals surface area contributed by atoms with Crippen LogP contribution in [0.1, 0.15) is 70.6 Å². The van der Waals surface area contributed by atoms with Crippen LogP contribution in [0.3, 0.4) is 0 Å². The van der Waals surface area contributed by atoms with E-state index in [1.165, 1.54) is 13.2 Å². The van der Waals surface area contributed by atoms with Crippen molar-refractivity contribution in [3.05, 3.63) is 70.5 Å². The quantitative estimate of drug-likeness (QED) is 0.228. The number of aromatic nitrogens is 3. The molecule has 2 fully saturated rings. The number of nitrogens with zero attached hydrogens (tertiary/aromatic N) is 3. The van der Waals surface area contributed by atoms with Crippen LogP contribution in [0.5, 0.6) is 11.5 Å². The minimum absolute atomic E-state index is 0.00724. The van der Waals surface area contributed by atoms with Gasteiger partial charge in [0.2, 0.25) is 0 Å². The summed E-state index contributed by atoms with van der Waals surface area (Å²) in [5.74, 6) is -3.30. The zero-order chi connectivity index (χ0) is 31.3.